The molecule has 0 radical (unpaired) electrons. The molecule has 1 unspecified atom stereocenters. The summed E-state index contributed by atoms with van der Waals surface area (Å²) in [6, 6.07) is 1.44. The summed E-state index contributed by atoms with van der Waals surface area (Å²) < 4.78 is 0. The van der Waals surface area contributed by atoms with Gasteiger partial charge in [-0.25, -0.2) is 0 Å². The fourth-order valence-electron chi connectivity index (χ4n) is 1.84. The highest BCUT2D eigenvalue weighted by atomic mass is 15.1. The molecule has 0 saturated heterocycles. The van der Waals surface area contributed by atoms with Crippen LogP contribution in [0.25, 0.3) is 0 Å². The van der Waals surface area contributed by atoms with Crippen LogP contribution in [0.2, 0.25) is 0 Å². The molecule has 1 fully saturated rings. The van der Waals surface area contributed by atoms with E-state index >= 15 is 0 Å². The average molecular weight is 212 g/mol. The third kappa shape index (κ3) is 5.53. The molecule has 0 aliphatic heterocycles. The molecule has 0 aromatic rings. The lowest BCUT2D eigenvalue weighted by Gasteiger charge is -2.21. The first-order chi connectivity index (χ1) is 7.11. The Morgan fingerprint density at radius 1 is 1.20 bits per heavy atom. The van der Waals surface area contributed by atoms with Crippen molar-refractivity contribution in [1.29, 1.82) is 0 Å². The second-order valence-electron chi connectivity index (χ2n) is 5.36. The molecule has 2 nitrogen and oxygen atoms in total. The second-order valence-corrected chi connectivity index (χ2v) is 5.36. The lowest BCUT2D eigenvalue weighted by molar-refractivity contribution is 0.267. The van der Waals surface area contributed by atoms with E-state index in [0.717, 1.165) is 12.0 Å². The molecule has 15 heavy (non-hydrogen) atoms. The molecular weight excluding hydrogens is 184 g/mol. The van der Waals surface area contributed by atoms with Crippen molar-refractivity contribution >= 4 is 0 Å². The summed E-state index contributed by atoms with van der Waals surface area (Å²) >= 11 is 0. The van der Waals surface area contributed by atoms with Crippen molar-refractivity contribution < 1.29 is 0 Å². The van der Waals surface area contributed by atoms with Gasteiger partial charge in [0.2, 0.25) is 0 Å². The fraction of sp³-hybridized carbons (Fsp3) is 1.00. The van der Waals surface area contributed by atoms with Gasteiger partial charge in [0.25, 0.3) is 0 Å². The molecule has 0 amide bonds. The van der Waals surface area contributed by atoms with Gasteiger partial charge in [-0.3, -0.25) is 0 Å². The van der Waals surface area contributed by atoms with Gasteiger partial charge in [0.05, 0.1) is 0 Å². The Morgan fingerprint density at radius 2 is 1.87 bits per heavy atom. The zero-order valence-corrected chi connectivity index (χ0v) is 10.9. The SMILES string of the molecule is CC(NCCCCN(C)C(C)C)C1CC1. The smallest absolute Gasteiger partial charge is 0.00669 e. The molecule has 2 heteroatoms. The first-order valence-electron chi connectivity index (χ1n) is 6.55. The van der Waals surface area contributed by atoms with E-state index in [0.29, 0.717) is 6.04 Å². The Balaban J connectivity index is 1.88. The number of rotatable bonds is 8. The first-order valence-corrected chi connectivity index (χ1v) is 6.55. The Kier molecular flexibility index (Phi) is 5.62. The van der Waals surface area contributed by atoms with Gasteiger partial charge in [-0.2, -0.15) is 0 Å². The predicted octanol–water partition coefficient (Wildman–Crippen LogP) is 2.49. The Hall–Kier alpha value is -0.0800. The van der Waals surface area contributed by atoms with Gasteiger partial charge in [0.15, 0.2) is 0 Å². The van der Waals surface area contributed by atoms with Crippen LogP contribution < -0.4 is 5.32 Å². The van der Waals surface area contributed by atoms with Gasteiger partial charge < -0.3 is 10.2 Å². The summed E-state index contributed by atoms with van der Waals surface area (Å²) in [4.78, 5) is 2.42. The molecule has 1 aliphatic rings. The molecule has 1 N–H and O–H groups in total. The number of hydrogen-bond donors (Lipinski definition) is 1. The average Bonchev–Trinajstić information content (AvgIpc) is 2.99. The van der Waals surface area contributed by atoms with Gasteiger partial charge in [0, 0.05) is 12.1 Å². The van der Waals surface area contributed by atoms with Crippen LogP contribution in [0, 0.1) is 5.92 Å². The van der Waals surface area contributed by atoms with Gasteiger partial charge >= 0.3 is 0 Å². The molecule has 1 saturated carbocycles. The molecule has 0 heterocycles. The van der Waals surface area contributed by atoms with Crippen molar-refractivity contribution in [3.8, 4) is 0 Å². The van der Waals surface area contributed by atoms with Crippen molar-refractivity contribution in [1.82, 2.24) is 10.2 Å². The molecule has 1 aliphatic carbocycles. The highest BCUT2D eigenvalue weighted by Gasteiger charge is 2.26. The number of nitrogens with zero attached hydrogens (tertiary/aromatic N) is 1. The topological polar surface area (TPSA) is 15.3 Å². The Morgan fingerprint density at radius 3 is 2.40 bits per heavy atom. The van der Waals surface area contributed by atoms with Crippen LogP contribution in [0.3, 0.4) is 0 Å². The van der Waals surface area contributed by atoms with Crippen LogP contribution in [0.1, 0.15) is 46.5 Å². The zero-order chi connectivity index (χ0) is 11.3. The highest BCUT2D eigenvalue weighted by molar-refractivity contribution is 4.82. The summed E-state index contributed by atoms with van der Waals surface area (Å²) in [5.74, 6) is 0.989. The second kappa shape index (κ2) is 6.49. The summed E-state index contributed by atoms with van der Waals surface area (Å²) in [6.45, 7) is 9.28. The third-order valence-corrected chi connectivity index (χ3v) is 3.61. The van der Waals surface area contributed by atoms with Crippen LogP contribution in [0.5, 0.6) is 0 Å². The van der Waals surface area contributed by atoms with Crippen LogP contribution in [-0.4, -0.2) is 37.1 Å². The normalized spacial score (nSPS) is 18.8. The van der Waals surface area contributed by atoms with Crippen molar-refractivity contribution in [2.45, 2.75) is 58.5 Å². The van der Waals surface area contributed by atoms with Gasteiger partial charge in [-0.05, 0) is 72.5 Å². The maximum Gasteiger partial charge on any atom is 0.00669 e. The number of unbranched alkanes of at least 4 members (excludes halogenated alkanes) is 1. The maximum atomic E-state index is 3.63. The van der Waals surface area contributed by atoms with E-state index in [1.54, 1.807) is 0 Å². The Bertz CT molecular complexity index is 154. The van der Waals surface area contributed by atoms with E-state index in [1.165, 1.54) is 38.8 Å². The summed E-state index contributed by atoms with van der Waals surface area (Å²) in [6.07, 6.45) is 5.53. The van der Waals surface area contributed by atoms with E-state index in [9.17, 15) is 0 Å². The monoisotopic (exact) mass is 212 g/mol. The predicted molar refractivity (Wildman–Crippen MR) is 67.2 cm³/mol. The highest BCUT2D eigenvalue weighted by Crippen LogP contribution is 2.32. The summed E-state index contributed by atoms with van der Waals surface area (Å²) in [5.41, 5.74) is 0. The maximum absolute atomic E-state index is 3.63. The van der Waals surface area contributed by atoms with Crippen molar-refractivity contribution in [3.63, 3.8) is 0 Å². The zero-order valence-electron chi connectivity index (χ0n) is 10.9. The third-order valence-electron chi connectivity index (χ3n) is 3.61. The van der Waals surface area contributed by atoms with Gasteiger partial charge in [0.1, 0.15) is 0 Å². The van der Waals surface area contributed by atoms with E-state index in [1.807, 2.05) is 0 Å². The van der Waals surface area contributed by atoms with E-state index in [4.69, 9.17) is 0 Å². The minimum Gasteiger partial charge on any atom is -0.314 e. The molecule has 1 rings (SSSR count). The summed E-state index contributed by atoms with van der Waals surface area (Å²) in [5, 5.41) is 3.63. The van der Waals surface area contributed by atoms with Gasteiger partial charge in [-0.1, -0.05) is 0 Å². The van der Waals surface area contributed by atoms with E-state index < -0.39 is 0 Å². The Labute approximate surface area is 95.4 Å². The molecule has 0 bridgehead atoms. The lowest BCUT2D eigenvalue weighted by atomic mass is 10.2. The number of hydrogen-bond acceptors (Lipinski definition) is 2. The van der Waals surface area contributed by atoms with Crippen LogP contribution in [0.4, 0.5) is 0 Å². The molecule has 90 valence electrons. The molecule has 0 aromatic carbocycles. The number of nitrogens with one attached hydrogen (secondary N) is 1. The quantitative estimate of drug-likeness (QED) is 0.622. The lowest BCUT2D eigenvalue weighted by Crippen LogP contribution is -2.30. The van der Waals surface area contributed by atoms with E-state index in [2.05, 4.69) is 38.0 Å². The van der Waals surface area contributed by atoms with Crippen LogP contribution in [-0.2, 0) is 0 Å². The van der Waals surface area contributed by atoms with Gasteiger partial charge in [-0.15, -0.1) is 0 Å². The summed E-state index contributed by atoms with van der Waals surface area (Å²) in [7, 11) is 2.21. The first kappa shape index (κ1) is 13.0. The molecule has 1 atom stereocenters. The fourth-order valence-corrected chi connectivity index (χ4v) is 1.84. The largest absolute Gasteiger partial charge is 0.314 e. The standard InChI is InChI=1S/C13H28N2/c1-11(2)15(4)10-6-5-9-14-12(3)13-7-8-13/h11-14H,5-10H2,1-4H3. The van der Waals surface area contributed by atoms with Crippen molar-refractivity contribution in [2.24, 2.45) is 5.92 Å². The molecule has 0 spiro atoms. The van der Waals surface area contributed by atoms with Crippen LogP contribution in [0.15, 0.2) is 0 Å². The van der Waals surface area contributed by atoms with Crippen molar-refractivity contribution in [2.75, 3.05) is 20.1 Å². The molecular formula is C13H28N2. The van der Waals surface area contributed by atoms with E-state index in [-0.39, 0.29) is 0 Å². The minimum absolute atomic E-state index is 0.684. The van der Waals surface area contributed by atoms with Crippen LogP contribution >= 0.6 is 0 Å². The molecule has 0 aromatic heterocycles. The minimum atomic E-state index is 0.684. The van der Waals surface area contributed by atoms with Crippen molar-refractivity contribution in [3.05, 3.63) is 0 Å².